The van der Waals surface area contributed by atoms with Crippen molar-refractivity contribution in [2.24, 2.45) is 0 Å². The molecule has 20 heavy (non-hydrogen) atoms. The Morgan fingerprint density at radius 2 is 2.05 bits per heavy atom. The van der Waals surface area contributed by atoms with Gasteiger partial charge in [-0.2, -0.15) is 0 Å². The van der Waals surface area contributed by atoms with Crippen LogP contribution in [0.4, 0.5) is 5.69 Å². The number of sulfonamides is 1. The summed E-state index contributed by atoms with van der Waals surface area (Å²) in [4.78, 5) is 2.16. The Bertz CT molecular complexity index is 544. The maximum atomic E-state index is 12.2. The Kier molecular flexibility index (Phi) is 5.79. The van der Waals surface area contributed by atoms with E-state index in [-0.39, 0.29) is 10.9 Å². The molecule has 0 bridgehead atoms. The quantitative estimate of drug-likeness (QED) is 0.731. The molecule has 6 nitrogen and oxygen atoms in total. The minimum absolute atomic E-state index is 0.147. The van der Waals surface area contributed by atoms with Gasteiger partial charge in [-0.05, 0) is 46.1 Å². The third-order valence-corrected chi connectivity index (χ3v) is 4.47. The molecule has 0 aliphatic carbocycles. The van der Waals surface area contributed by atoms with E-state index in [0.717, 1.165) is 13.0 Å². The van der Waals surface area contributed by atoms with Crippen LogP contribution in [0.2, 0.25) is 0 Å². The topological polar surface area (TPSA) is 84.7 Å². The number of ether oxygens (including phenoxy) is 1. The fourth-order valence-corrected chi connectivity index (χ4v) is 3.00. The highest BCUT2D eigenvalue weighted by molar-refractivity contribution is 7.89. The molecule has 1 unspecified atom stereocenters. The number of nitrogen functional groups attached to an aromatic ring is 1. The fraction of sp³-hybridized carbons (Fsp3) is 0.538. The zero-order valence-electron chi connectivity index (χ0n) is 12.4. The Morgan fingerprint density at radius 3 is 2.60 bits per heavy atom. The first-order chi connectivity index (χ1) is 9.26. The molecule has 0 heterocycles. The van der Waals surface area contributed by atoms with E-state index >= 15 is 0 Å². The van der Waals surface area contributed by atoms with Crippen molar-refractivity contribution < 1.29 is 13.2 Å². The van der Waals surface area contributed by atoms with Gasteiger partial charge in [0.05, 0.1) is 17.7 Å². The molecule has 0 saturated heterocycles. The summed E-state index contributed by atoms with van der Waals surface area (Å²) in [6, 6.07) is 4.28. The average molecular weight is 301 g/mol. The summed E-state index contributed by atoms with van der Waals surface area (Å²) in [6.45, 7) is 2.66. The van der Waals surface area contributed by atoms with Crippen LogP contribution in [0.1, 0.15) is 13.3 Å². The number of methoxy groups -OCH3 is 1. The lowest BCUT2D eigenvalue weighted by Crippen LogP contribution is -2.34. The molecule has 0 radical (unpaired) electrons. The number of anilines is 1. The monoisotopic (exact) mass is 301 g/mol. The van der Waals surface area contributed by atoms with Crippen LogP contribution < -0.4 is 15.2 Å². The number of hydrogen-bond acceptors (Lipinski definition) is 5. The molecule has 0 aromatic heterocycles. The molecule has 1 aromatic carbocycles. The van der Waals surface area contributed by atoms with Crippen molar-refractivity contribution in [3.8, 4) is 5.75 Å². The van der Waals surface area contributed by atoms with Crippen molar-refractivity contribution >= 4 is 15.7 Å². The van der Waals surface area contributed by atoms with Crippen LogP contribution in [-0.4, -0.2) is 47.1 Å². The van der Waals surface area contributed by atoms with Crippen LogP contribution >= 0.6 is 0 Å². The van der Waals surface area contributed by atoms with Gasteiger partial charge in [0.1, 0.15) is 5.75 Å². The van der Waals surface area contributed by atoms with Gasteiger partial charge in [-0.1, -0.05) is 0 Å². The minimum Gasteiger partial charge on any atom is -0.495 e. The summed E-state index contributed by atoms with van der Waals surface area (Å²) in [5, 5.41) is 0. The zero-order chi connectivity index (χ0) is 15.3. The average Bonchev–Trinajstić information content (AvgIpc) is 2.36. The highest BCUT2D eigenvalue weighted by Gasteiger charge is 2.18. The van der Waals surface area contributed by atoms with Crippen molar-refractivity contribution in [2.45, 2.75) is 24.3 Å². The number of benzene rings is 1. The molecule has 7 heteroatoms. The SMILES string of the molecule is COc1cc(S(=O)(=O)NC(C)CCN(C)C)ccc1N. The largest absolute Gasteiger partial charge is 0.495 e. The lowest BCUT2D eigenvalue weighted by molar-refractivity contribution is 0.379. The van der Waals surface area contributed by atoms with E-state index < -0.39 is 10.0 Å². The minimum atomic E-state index is -3.56. The Labute approximate surface area is 121 Å². The summed E-state index contributed by atoms with van der Waals surface area (Å²) >= 11 is 0. The molecule has 1 rings (SSSR count). The van der Waals surface area contributed by atoms with Gasteiger partial charge < -0.3 is 15.4 Å². The van der Waals surface area contributed by atoms with Gasteiger partial charge in [-0.15, -0.1) is 0 Å². The van der Waals surface area contributed by atoms with E-state index in [2.05, 4.69) is 4.72 Å². The fourth-order valence-electron chi connectivity index (χ4n) is 1.70. The molecule has 0 aliphatic heterocycles. The maximum absolute atomic E-state index is 12.2. The molecule has 0 spiro atoms. The molecule has 1 aromatic rings. The first-order valence-corrected chi connectivity index (χ1v) is 7.85. The van der Waals surface area contributed by atoms with Crippen molar-refractivity contribution in [1.29, 1.82) is 0 Å². The number of rotatable bonds is 7. The van der Waals surface area contributed by atoms with Gasteiger partial charge in [-0.3, -0.25) is 0 Å². The van der Waals surface area contributed by atoms with Gasteiger partial charge in [-0.25, -0.2) is 13.1 Å². The number of nitrogens with two attached hydrogens (primary N) is 1. The van der Waals surface area contributed by atoms with Crippen LogP contribution in [0, 0.1) is 0 Å². The maximum Gasteiger partial charge on any atom is 0.240 e. The molecular weight excluding hydrogens is 278 g/mol. The highest BCUT2D eigenvalue weighted by Crippen LogP contribution is 2.24. The number of nitrogens with zero attached hydrogens (tertiary/aromatic N) is 1. The number of nitrogens with one attached hydrogen (secondary N) is 1. The van der Waals surface area contributed by atoms with Crippen LogP contribution in [0.3, 0.4) is 0 Å². The second-order valence-electron chi connectivity index (χ2n) is 5.02. The summed E-state index contributed by atoms with van der Waals surface area (Å²) in [7, 11) is 1.79. The lowest BCUT2D eigenvalue weighted by Gasteiger charge is -2.17. The molecule has 3 N–H and O–H groups in total. The van der Waals surface area contributed by atoms with Gasteiger partial charge in [0.25, 0.3) is 0 Å². The molecule has 1 atom stereocenters. The van der Waals surface area contributed by atoms with Crippen LogP contribution in [0.15, 0.2) is 23.1 Å². The number of hydrogen-bond donors (Lipinski definition) is 2. The molecular formula is C13H23N3O3S. The predicted molar refractivity (Wildman–Crippen MR) is 80.4 cm³/mol. The summed E-state index contributed by atoms with van der Waals surface area (Å²) in [5.74, 6) is 0.355. The van der Waals surface area contributed by atoms with E-state index in [1.807, 2.05) is 25.9 Å². The summed E-state index contributed by atoms with van der Waals surface area (Å²) in [5.41, 5.74) is 6.09. The molecule has 0 aliphatic rings. The summed E-state index contributed by atoms with van der Waals surface area (Å²) < 4.78 is 32.2. The van der Waals surface area contributed by atoms with E-state index in [1.54, 1.807) is 0 Å². The smallest absolute Gasteiger partial charge is 0.240 e. The molecule has 0 saturated carbocycles. The Hall–Kier alpha value is -1.31. The molecule has 0 fully saturated rings. The van der Waals surface area contributed by atoms with Crippen LogP contribution in [0.5, 0.6) is 5.75 Å². The van der Waals surface area contributed by atoms with Gasteiger partial charge in [0, 0.05) is 12.1 Å². The molecule has 0 amide bonds. The zero-order valence-corrected chi connectivity index (χ0v) is 13.2. The van der Waals surface area contributed by atoms with Crippen LogP contribution in [0.25, 0.3) is 0 Å². The third kappa shape index (κ3) is 4.66. The van der Waals surface area contributed by atoms with Crippen molar-refractivity contribution in [1.82, 2.24) is 9.62 Å². The predicted octanol–water partition coefficient (Wildman–Crippen LogP) is 0.896. The van der Waals surface area contributed by atoms with Crippen molar-refractivity contribution in [2.75, 3.05) is 33.5 Å². The first-order valence-electron chi connectivity index (χ1n) is 6.37. The first kappa shape index (κ1) is 16.7. The summed E-state index contributed by atoms with van der Waals surface area (Å²) in [6.07, 6.45) is 0.734. The van der Waals surface area contributed by atoms with Gasteiger partial charge >= 0.3 is 0 Å². The second kappa shape index (κ2) is 6.92. The van der Waals surface area contributed by atoms with E-state index in [0.29, 0.717) is 11.4 Å². The Balaban J connectivity index is 2.83. The normalized spacial score (nSPS) is 13.4. The Morgan fingerprint density at radius 1 is 1.40 bits per heavy atom. The lowest BCUT2D eigenvalue weighted by atomic mass is 10.2. The van der Waals surface area contributed by atoms with Crippen molar-refractivity contribution in [3.05, 3.63) is 18.2 Å². The van der Waals surface area contributed by atoms with E-state index in [1.165, 1.54) is 25.3 Å². The second-order valence-corrected chi connectivity index (χ2v) is 6.73. The van der Waals surface area contributed by atoms with Crippen molar-refractivity contribution in [3.63, 3.8) is 0 Å². The van der Waals surface area contributed by atoms with E-state index in [9.17, 15) is 8.42 Å². The third-order valence-electron chi connectivity index (χ3n) is 2.88. The molecule has 114 valence electrons. The van der Waals surface area contributed by atoms with Gasteiger partial charge in [0.2, 0.25) is 10.0 Å². The van der Waals surface area contributed by atoms with Gasteiger partial charge in [0.15, 0.2) is 0 Å². The van der Waals surface area contributed by atoms with E-state index in [4.69, 9.17) is 10.5 Å². The van der Waals surface area contributed by atoms with Crippen LogP contribution in [-0.2, 0) is 10.0 Å². The highest BCUT2D eigenvalue weighted by atomic mass is 32.2. The standard InChI is InChI=1S/C13H23N3O3S/c1-10(7-8-16(2)3)15-20(17,18)11-5-6-12(14)13(9-11)19-4/h5-6,9-10,15H,7-8,14H2,1-4H3.